The van der Waals surface area contributed by atoms with Crippen LogP contribution in [0.2, 0.25) is 0 Å². The molecule has 1 atom stereocenters. The van der Waals surface area contributed by atoms with Gasteiger partial charge in [-0.25, -0.2) is 0 Å². The second-order valence-electron chi connectivity index (χ2n) is 4.08. The average Bonchev–Trinajstić information content (AvgIpc) is 2.30. The third-order valence-electron chi connectivity index (χ3n) is 2.85. The molecule has 0 saturated carbocycles. The summed E-state index contributed by atoms with van der Waals surface area (Å²) in [5.74, 6) is 0.670. The van der Waals surface area contributed by atoms with Crippen LogP contribution in [0, 0.1) is 11.3 Å². The number of nitrogens with zero attached hydrogens (tertiary/aromatic N) is 1. The van der Waals surface area contributed by atoms with Crippen LogP contribution in [0.4, 0.5) is 0 Å². The molecule has 84 valence electrons. The Morgan fingerprint density at radius 3 is 2.44 bits per heavy atom. The second-order valence-corrected chi connectivity index (χ2v) is 4.08. The minimum atomic E-state index is 0.243. The van der Waals surface area contributed by atoms with E-state index in [2.05, 4.69) is 13.0 Å². The van der Waals surface area contributed by atoms with Gasteiger partial charge in [0, 0.05) is 6.42 Å². The van der Waals surface area contributed by atoms with E-state index >= 15 is 0 Å². The number of Topliss-reactive ketones (excluding diaryl/α,β-unsaturated/α-hetero) is 1. The van der Waals surface area contributed by atoms with Gasteiger partial charge in [-0.2, -0.15) is 5.26 Å². The number of carbonyl (C=O) groups is 1. The van der Waals surface area contributed by atoms with Gasteiger partial charge in [0.25, 0.3) is 0 Å². The molecule has 0 fully saturated rings. The van der Waals surface area contributed by atoms with E-state index in [1.54, 1.807) is 6.92 Å². The Balaban J connectivity index is 2.71. The Kier molecular flexibility index (Phi) is 4.72. The molecule has 0 N–H and O–H groups in total. The SMILES string of the molecule is CCC(CCC(C)=O)c1ccc(C#N)cc1. The molecule has 0 heterocycles. The zero-order valence-electron chi connectivity index (χ0n) is 9.86. The lowest BCUT2D eigenvalue weighted by atomic mass is 9.91. The van der Waals surface area contributed by atoms with Crippen molar-refractivity contribution in [2.45, 2.75) is 39.0 Å². The summed E-state index contributed by atoms with van der Waals surface area (Å²) in [5.41, 5.74) is 1.91. The topological polar surface area (TPSA) is 40.9 Å². The Morgan fingerprint density at radius 1 is 1.38 bits per heavy atom. The van der Waals surface area contributed by atoms with Crippen molar-refractivity contribution in [3.63, 3.8) is 0 Å². The molecule has 16 heavy (non-hydrogen) atoms. The van der Waals surface area contributed by atoms with Gasteiger partial charge in [-0.05, 0) is 43.4 Å². The number of hydrogen-bond acceptors (Lipinski definition) is 2. The molecule has 0 aliphatic heterocycles. The van der Waals surface area contributed by atoms with Crippen molar-refractivity contribution in [2.75, 3.05) is 0 Å². The van der Waals surface area contributed by atoms with Crippen molar-refractivity contribution in [1.82, 2.24) is 0 Å². The van der Waals surface area contributed by atoms with E-state index in [1.165, 1.54) is 5.56 Å². The van der Waals surface area contributed by atoms with Gasteiger partial charge < -0.3 is 4.79 Å². The zero-order chi connectivity index (χ0) is 12.0. The first-order valence-electron chi connectivity index (χ1n) is 5.66. The molecule has 0 bridgehead atoms. The lowest BCUT2D eigenvalue weighted by Crippen LogP contribution is -2.00. The molecule has 1 aromatic carbocycles. The van der Waals surface area contributed by atoms with Crippen LogP contribution in [0.15, 0.2) is 24.3 Å². The molecule has 1 unspecified atom stereocenters. The lowest BCUT2D eigenvalue weighted by molar-refractivity contribution is -0.117. The molecule has 0 saturated heterocycles. The first kappa shape index (κ1) is 12.4. The molecule has 0 spiro atoms. The third kappa shape index (κ3) is 3.51. The Labute approximate surface area is 96.9 Å². The monoisotopic (exact) mass is 215 g/mol. The summed E-state index contributed by atoms with van der Waals surface area (Å²) in [6.07, 6.45) is 2.56. The maximum atomic E-state index is 11.0. The lowest BCUT2D eigenvalue weighted by Gasteiger charge is -2.14. The molecular weight excluding hydrogens is 198 g/mol. The predicted octanol–water partition coefficient (Wildman–Crippen LogP) is 3.42. The maximum absolute atomic E-state index is 11.0. The van der Waals surface area contributed by atoms with Crippen LogP contribution in [0.1, 0.15) is 50.2 Å². The van der Waals surface area contributed by atoms with Crippen molar-refractivity contribution >= 4 is 5.78 Å². The molecule has 1 rings (SSSR count). The van der Waals surface area contributed by atoms with Crippen LogP contribution in [-0.2, 0) is 4.79 Å². The van der Waals surface area contributed by atoms with Crippen LogP contribution in [0.5, 0.6) is 0 Å². The number of ketones is 1. The molecule has 0 aliphatic rings. The van der Waals surface area contributed by atoms with Crippen molar-refractivity contribution < 1.29 is 4.79 Å². The number of hydrogen-bond donors (Lipinski definition) is 0. The van der Waals surface area contributed by atoms with E-state index in [1.807, 2.05) is 24.3 Å². The van der Waals surface area contributed by atoms with E-state index < -0.39 is 0 Å². The largest absolute Gasteiger partial charge is 0.300 e. The third-order valence-corrected chi connectivity index (χ3v) is 2.85. The van der Waals surface area contributed by atoms with E-state index in [0.717, 1.165) is 12.8 Å². The fraction of sp³-hybridized carbons (Fsp3) is 0.429. The number of carbonyl (C=O) groups excluding carboxylic acids is 1. The van der Waals surface area contributed by atoms with Crippen LogP contribution in [0.25, 0.3) is 0 Å². The van der Waals surface area contributed by atoms with Gasteiger partial charge in [-0.3, -0.25) is 0 Å². The van der Waals surface area contributed by atoms with Crippen molar-refractivity contribution in [2.24, 2.45) is 0 Å². The number of nitriles is 1. The van der Waals surface area contributed by atoms with Crippen molar-refractivity contribution in [3.05, 3.63) is 35.4 Å². The fourth-order valence-corrected chi connectivity index (χ4v) is 1.81. The van der Waals surface area contributed by atoms with Crippen molar-refractivity contribution in [3.8, 4) is 6.07 Å². The Morgan fingerprint density at radius 2 is 2.00 bits per heavy atom. The second kappa shape index (κ2) is 6.07. The quantitative estimate of drug-likeness (QED) is 0.755. The molecule has 2 nitrogen and oxygen atoms in total. The molecular formula is C14H17NO. The molecule has 0 aliphatic carbocycles. The Bertz CT molecular complexity index is 386. The van der Waals surface area contributed by atoms with E-state index in [-0.39, 0.29) is 5.78 Å². The van der Waals surface area contributed by atoms with Gasteiger partial charge in [0.15, 0.2) is 0 Å². The highest BCUT2D eigenvalue weighted by molar-refractivity contribution is 5.75. The number of benzene rings is 1. The van der Waals surface area contributed by atoms with Crippen LogP contribution >= 0.6 is 0 Å². The van der Waals surface area contributed by atoms with Gasteiger partial charge in [0.05, 0.1) is 11.6 Å². The molecule has 0 amide bonds. The highest BCUT2D eigenvalue weighted by atomic mass is 16.1. The summed E-state index contributed by atoms with van der Waals surface area (Å²) in [4.78, 5) is 11.0. The smallest absolute Gasteiger partial charge is 0.129 e. The first-order chi connectivity index (χ1) is 7.67. The normalized spacial score (nSPS) is 11.8. The molecule has 0 aromatic heterocycles. The van der Waals surface area contributed by atoms with Gasteiger partial charge in [-0.1, -0.05) is 19.1 Å². The highest BCUT2D eigenvalue weighted by Crippen LogP contribution is 2.24. The van der Waals surface area contributed by atoms with Gasteiger partial charge >= 0.3 is 0 Å². The van der Waals surface area contributed by atoms with Crippen LogP contribution in [-0.4, -0.2) is 5.78 Å². The van der Waals surface area contributed by atoms with Crippen LogP contribution in [0.3, 0.4) is 0 Å². The fourth-order valence-electron chi connectivity index (χ4n) is 1.81. The van der Waals surface area contributed by atoms with Gasteiger partial charge in [0.2, 0.25) is 0 Å². The molecule has 0 radical (unpaired) electrons. The minimum Gasteiger partial charge on any atom is -0.300 e. The van der Waals surface area contributed by atoms with Gasteiger partial charge in [0.1, 0.15) is 5.78 Å². The summed E-state index contributed by atoms with van der Waals surface area (Å²) in [7, 11) is 0. The van der Waals surface area contributed by atoms with Gasteiger partial charge in [-0.15, -0.1) is 0 Å². The van der Waals surface area contributed by atoms with Crippen molar-refractivity contribution in [1.29, 1.82) is 5.26 Å². The summed E-state index contributed by atoms with van der Waals surface area (Å²) >= 11 is 0. The maximum Gasteiger partial charge on any atom is 0.129 e. The number of rotatable bonds is 5. The summed E-state index contributed by atoms with van der Waals surface area (Å²) in [6.45, 7) is 3.76. The minimum absolute atomic E-state index is 0.243. The van der Waals surface area contributed by atoms with E-state index in [4.69, 9.17) is 5.26 Å². The van der Waals surface area contributed by atoms with E-state index in [0.29, 0.717) is 17.9 Å². The summed E-state index contributed by atoms with van der Waals surface area (Å²) in [6, 6.07) is 9.77. The molecule has 1 aromatic rings. The van der Waals surface area contributed by atoms with Crippen LogP contribution < -0.4 is 0 Å². The van der Waals surface area contributed by atoms with E-state index in [9.17, 15) is 4.79 Å². The predicted molar refractivity (Wildman–Crippen MR) is 64.1 cm³/mol. The highest BCUT2D eigenvalue weighted by Gasteiger charge is 2.10. The Hall–Kier alpha value is -1.62. The average molecular weight is 215 g/mol. The first-order valence-corrected chi connectivity index (χ1v) is 5.66. The summed E-state index contributed by atoms with van der Waals surface area (Å²) < 4.78 is 0. The summed E-state index contributed by atoms with van der Waals surface area (Å²) in [5, 5.41) is 8.71. The standard InChI is InChI=1S/C14H17NO/c1-3-13(7-4-11(2)16)14-8-5-12(10-15)6-9-14/h5-6,8-9,13H,3-4,7H2,1-2H3. The zero-order valence-corrected chi connectivity index (χ0v) is 9.86. The molecule has 2 heteroatoms.